The highest BCUT2D eigenvalue weighted by Gasteiger charge is 2.18. The molecule has 2 aromatic carbocycles. The number of hydrogen-bond acceptors (Lipinski definition) is 6. The first-order chi connectivity index (χ1) is 15.8. The molecule has 2 aromatic heterocycles. The first-order valence-corrected chi connectivity index (χ1v) is 12.2. The fourth-order valence-corrected chi connectivity index (χ4v) is 4.44. The second kappa shape index (κ2) is 7.89. The minimum absolute atomic E-state index is 0.0144. The maximum atomic E-state index is 12.1. The topological polar surface area (TPSA) is 109 Å². The number of rotatable bonds is 6. The van der Waals surface area contributed by atoms with Crippen LogP contribution >= 0.6 is 0 Å². The summed E-state index contributed by atoms with van der Waals surface area (Å²) >= 11 is 0. The first-order valence-electron chi connectivity index (χ1n) is 10.3. The number of benzene rings is 2. The van der Waals surface area contributed by atoms with Crippen LogP contribution in [0.2, 0.25) is 0 Å². The number of sulfonamides is 1. The molecule has 0 unspecified atom stereocenters. The number of hydrogen-bond donors (Lipinski definition) is 2. The largest absolute Gasteiger partial charge is 0.328 e. The van der Waals surface area contributed by atoms with Gasteiger partial charge in [0.05, 0.1) is 24.9 Å². The molecule has 0 saturated heterocycles. The minimum atomic E-state index is -3.39. The Hall–Kier alpha value is -3.92. The fraction of sp³-hybridized carbons (Fsp3) is 0.174. The lowest BCUT2D eigenvalue weighted by Gasteiger charge is -2.20. The van der Waals surface area contributed by atoms with E-state index in [0.29, 0.717) is 24.6 Å². The summed E-state index contributed by atoms with van der Waals surface area (Å²) in [5, 5.41) is 6.90. The van der Waals surface area contributed by atoms with E-state index in [-0.39, 0.29) is 5.91 Å². The summed E-state index contributed by atoms with van der Waals surface area (Å²) in [7, 11) is -1.84. The lowest BCUT2D eigenvalue weighted by molar-refractivity contribution is -0.115. The van der Waals surface area contributed by atoms with E-state index in [9.17, 15) is 13.2 Å². The van der Waals surface area contributed by atoms with Gasteiger partial charge in [-0.15, -0.1) is 0 Å². The molecule has 168 valence electrons. The summed E-state index contributed by atoms with van der Waals surface area (Å²) in [6.45, 7) is 0.447. The SMILES string of the molecule is CN(c1ccccc1Cn1ccc2cnc(Nc3ccc4c(c3)CC(=O)N4)nc21)S(C)(=O)=O. The van der Waals surface area contributed by atoms with Crippen molar-refractivity contribution in [3.8, 4) is 0 Å². The van der Waals surface area contributed by atoms with Crippen LogP contribution in [0.15, 0.2) is 60.9 Å². The van der Waals surface area contributed by atoms with Crippen molar-refractivity contribution in [2.24, 2.45) is 0 Å². The molecule has 3 heterocycles. The maximum Gasteiger partial charge on any atom is 0.232 e. The highest BCUT2D eigenvalue weighted by atomic mass is 32.2. The molecule has 9 nitrogen and oxygen atoms in total. The Labute approximate surface area is 191 Å². The monoisotopic (exact) mass is 462 g/mol. The van der Waals surface area contributed by atoms with E-state index in [2.05, 4.69) is 20.6 Å². The number of amides is 1. The van der Waals surface area contributed by atoms with Crippen LogP contribution in [0.3, 0.4) is 0 Å². The Kier molecular flexibility index (Phi) is 5.01. The van der Waals surface area contributed by atoms with Gasteiger partial charge < -0.3 is 15.2 Å². The Morgan fingerprint density at radius 1 is 1.18 bits per heavy atom. The molecule has 33 heavy (non-hydrogen) atoms. The third kappa shape index (κ3) is 4.12. The number of nitrogens with one attached hydrogen (secondary N) is 2. The maximum absolute atomic E-state index is 12.1. The van der Waals surface area contributed by atoms with Crippen LogP contribution in [-0.2, 0) is 27.8 Å². The number of carbonyl (C=O) groups is 1. The van der Waals surface area contributed by atoms with Gasteiger partial charge in [-0.05, 0) is 41.5 Å². The summed E-state index contributed by atoms with van der Waals surface area (Å²) in [6, 6.07) is 15.0. The molecule has 5 rings (SSSR count). The fourth-order valence-electron chi connectivity index (χ4n) is 3.91. The van der Waals surface area contributed by atoms with Crippen molar-refractivity contribution in [1.29, 1.82) is 0 Å². The van der Waals surface area contributed by atoms with E-state index >= 15 is 0 Å². The average molecular weight is 463 g/mol. The van der Waals surface area contributed by atoms with E-state index in [1.165, 1.54) is 10.6 Å². The van der Waals surface area contributed by atoms with Gasteiger partial charge in [0.15, 0.2) is 0 Å². The van der Waals surface area contributed by atoms with Gasteiger partial charge >= 0.3 is 0 Å². The minimum Gasteiger partial charge on any atom is -0.328 e. The van der Waals surface area contributed by atoms with Gasteiger partial charge in [-0.3, -0.25) is 9.10 Å². The highest BCUT2D eigenvalue weighted by molar-refractivity contribution is 7.92. The standard InChI is InChI=1S/C23H22N6O3S/c1-28(33(2,31)32)20-6-4-3-5-16(20)14-29-10-9-15-13-24-23(27-22(15)29)25-18-7-8-19-17(11-18)12-21(30)26-19/h3-11,13H,12,14H2,1-2H3,(H,26,30)(H,24,25,27). The Bertz CT molecular complexity index is 1500. The average Bonchev–Trinajstić information content (AvgIpc) is 3.35. The third-order valence-electron chi connectivity index (χ3n) is 5.66. The quantitative estimate of drug-likeness (QED) is 0.456. The van der Waals surface area contributed by atoms with Crippen LogP contribution in [0, 0.1) is 0 Å². The number of para-hydroxylation sites is 1. The Balaban J connectivity index is 1.45. The van der Waals surface area contributed by atoms with E-state index in [4.69, 9.17) is 0 Å². The Morgan fingerprint density at radius 2 is 2.00 bits per heavy atom. The molecule has 1 aliphatic heterocycles. The summed E-state index contributed by atoms with van der Waals surface area (Å²) in [5.74, 6) is 0.417. The molecule has 1 amide bonds. The second-order valence-corrected chi connectivity index (χ2v) is 10.0. The predicted molar refractivity (Wildman–Crippen MR) is 128 cm³/mol. The molecule has 0 radical (unpaired) electrons. The van der Waals surface area contributed by atoms with E-state index < -0.39 is 10.0 Å². The number of anilines is 4. The van der Waals surface area contributed by atoms with E-state index in [0.717, 1.165) is 33.5 Å². The van der Waals surface area contributed by atoms with Crippen LogP contribution in [0.5, 0.6) is 0 Å². The van der Waals surface area contributed by atoms with E-state index in [1.807, 2.05) is 53.2 Å². The number of fused-ring (bicyclic) bond motifs is 2. The van der Waals surface area contributed by atoms with Crippen molar-refractivity contribution < 1.29 is 13.2 Å². The van der Waals surface area contributed by atoms with Crippen LogP contribution < -0.4 is 14.9 Å². The Morgan fingerprint density at radius 3 is 2.82 bits per heavy atom. The summed E-state index contributed by atoms with van der Waals surface area (Å²) in [5.41, 5.74) is 4.75. The zero-order valence-corrected chi connectivity index (χ0v) is 18.9. The van der Waals surface area contributed by atoms with Gasteiger partial charge in [-0.1, -0.05) is 18.2 Å². The van der Waals surface area contributed by atoms with Crippen molar-refractivity contribution >= 4 is 50.0 Å². The molecule has 1 aliphatic rings. The van der Waals surface area contributed by atoms with Crippen molar-refractivity contribution in [1.82, 2.24) is 14.5 Å². The van der Waals surface area contributed by atoms with Crippen molar-refractivity contribution in [3.63, 3.8) is 0 Å². The van der Waals surface area contributed by atoms with Gasteiger partial charge in [0, 0.05) is 36.2 Å². The molecule has 0 bridgehead atoms. The molecule has 0 aliphatic carbocycles. The van der Waals surface area contributed by atoms with Crippen LogP contribution in [0.4, 0.5) is 23.0 Å². The van der Waals surface area contributed by atoms with Crippen molar-refractivity contribution in [3.05, 3.63) is 72.1 Å². The van der Waals surface area contributed by atoms with Gasteiger partial charge in [-0.25, -0.2) is 13.4 Å². The molecule has 4 aromatic rings. The van der Waals surface area contributed by atoms with Crippen LogP contribution in [0.1, 0.15) is 11.1 Å². The normalized spacial score (nSPS) is 13.1. The molecule has 0 fully saturated rings. The predicted octanol–water partition coefficient (Wildman–Crippen LogP) is 3.11. The summed E-state index contributed by atoms with van der Waals surface area (Å²) < 4.78 is 27.4. The summed E-state index contributed by atoms with van der Waals surface area (Å²) in [6.07, 6.45) is 5.20. The molecule has 0 spiro atoms. The van der Waals surface area contributed by atoms with Gasteiger partial charge in [0.25, 0.3) is 0 Å². The van der Waals surface area contributed by atoms with E-state index in [1.54, 1.807) is 19.3 Å². The molecule has 2 N–H and O–H groups in total. The molecule has 0 saturated carbocycles. The zero-order valence-electron chi connectivity index (χ0n) is 18.1. The molecule has 10 heteroatoms. The number of carbonyl (C=O) groups excluding carboxylic acids is 1. The molecular weight excluding hydrogens is 440 g/mol. The number of nitrogens with zero attached hydrogens (tertiary/aromatic N) is 4. The second-order valence-electron chi connectivity index (χ2n) is 8.00. The van der Waals surface area contributed by atoms with Gasteiger partial charge in [0.2, 0.25) is 21.9 Å². The van der Waals surface area contributed by atoms with Crippen LogP contribution in [0.25, 0.3) is 11.0 Å². The molecular formula is C23H22N6O3S. The van der Waals surface area contributed by atoms with Crippen molar-refractivity contribution in [2.45, 2.75) is 13.0 Å². The highest BCUT2D eigenvalue weighted by Crippen LogP contribution is 2.28. The third-order valence-corrected chi connectivity index (χ3v) is 6.85. The van der Waals surface area contributed by atoms with Gasteiger partial charge in [0.1, 0.15) is 5.65 Å². The summed E-state index contributed by atoms with van der Waals surface area (Å²) in [4.78, 5) is 20.7. The number of aromatic nitrogens is 3. The lowest BCUT2D eigenvalue weighted by Crippen LogP contribution is -2.26. The first kappa shape index (κ1) is 21.0. The zero-order chi connectivity index (χ0) is 23.2. The smallest absolute Gasteiger partial charge is 0.232 e. The lowest BCUT2D eigenvalue weighted by atomic mass is 10.1. The van der Waals surface area contributed by atoms with Gasteiger partial charge in [-0.2, -0.15) is 4.98 Å². The molecule has 0 atom stereocenters. The van der Waals surface area contributed by atoms with Crippen molar-refractivity contribution in [2.75, 3.05) is 28.2 Å². The van der Waals surface area contributed by atoms with Crippen LogP contribution in [-0.4, -0.2) is 42.2 Å².